The van der Waals surface area contributed by atoms with Crippen molar-refractivity contribution in [3.63, 3.8) is 0 Å². The standard InChI is InChI=1S/C9H16O6Si/c1-5-9(12)15-16(6-2,13-7(3)10)14-8(4)11/h5-6H2,1-4H3. The van der Waals surface area contributed by atoms with Gasteiger partial charge in [0.2, 0.25) is 0 Å². The zero-order valence-electron chi connectivity index (χ0n) is 9.86. The van der Waals surface area contributed by atoms with E-state index in [9.17, 15) is 14.4 Å². The molecular weight excluding hydrogens is 232 g/mol. The molecule has 0 fully saturated rings. The first-order valence-electron chi connectivity index (χ1n) is 4.96. The summed E-state index contributed by atoms with van der Waals surface area (Å²) in [6.07, 6.45) is 0.122. The van der Waals surface area contributed by atoms with Crippen molar-refractivity contribution in [1.82, 2.24) is 0 Å². The highest BCUT2D eigenvalue weighted by molar-refractivity contribution is 6.65. The van der Waals surface area contributed by atoms with Crippen molar-refractivity contribution in [3.8, 4) is 0 Å². The fraction of sp³-hybridized carbons (Fsp3) is 0.667. The van der Waals surface area contributed by atoms with Gasteiger partial charge in [-0.3, -0.25) is 14.4 Å². The van der Waals surface area contributed by atoms with Crippen molar-refractivity contribution in [2.75, 3.05) is 0 Å². The Bertz CT molecular complexity index is 272. The fourth-order valence-corrected chi connectivity index (χ4v) is 2.89. The summed E-state index contributed by atoms with van der Waals surface area (Å²) in [6.45, 7) is 5.56. The van der Waals surface area contributed by atoms with Crippen molar-refractivity contribution >= 4 is 26.7 Å². The van der Waals surface area contributed by atoms with E-state index in [-0.39, 0.29) is 12.5 Å². The van der Waals surface area contributed by atoms with Gasteiger partial charge in [-0.05, 0) is 0 Å². The Hall–Kier alpha value is -1.37. The second-order valence-corrected chi connectivity index (χ2v) is 5.74. The van der Waals surface area contributed by atoms with E-state index in [0.29, 0.717) is 0 Å². The van der Waals surface area contributed by atoms with Gasteiger partial charge in [0.05, 0.1) is 6.04 Å². The van der Waals surface area contributed by atoms with Gasteiger partial charge in [-0.1, -0.05) is 13.8 Å². The quantitative estimate of drug-likeness (QED) is 0.676. The predicted octanol–water partition coefficient (Wildman–Crippen LogP) is 1.02. The van der Waals surface area contributed by atoms with Gasteiger partial charge in [0.25, 0.3) is 17.9 Å². The minimum atomic E-state index is -3.53. The normalized spacial score (nSPS) is 10.5. The zero-order chi connectivity index (χ0) is 12.8. The molecule has 0 heterocycles. The lowest BCUT2D eigenvalue weighted by Crippen LogP contribution is -2.49. The lowest BCUT2D eigenvalue weighted by Gasteiger charge is -2.25. The molecule has 0 rings (SSSR count). The van der Waals surface area contributed by atoms with Crippen LogP contribution in [0.15, 0.2) is 0 Å². The minimum absolute atomic E-state index is 0.122. The third kappa shape index (κ3) is 4.92. The number of hydrogen-bond donors (Lipinski definition) is 0. The maximum absolute atomic E-state index is 11.2. The van der Waals surface area contributed by atoms with Crippen LogP contribution in [0, 0.1) is 0 Å². The first kappa shape index (κ1) is 14.6. The maximum atomic E-state index is 11.2. The Morgan fingerprint density at radius 2 is 1.38 bits per heavy atom. The molecule has 6 nitrogen and oxygen atoms in total. The lowest BCUT2D eigenvalue weighted by molar-refractivity contribution is -0.148. The van der Waals surface area contributed by atoms with Crippen molar-refractivity contribution in [3.05, 3.63) is 0 Å². The van der Waals surface area contributed by atoms with E-state index in [0.717, 1.165) is 0 Å². The summed E-state index contributed by atoms with van der Waals surface area (Å²) < 4.78 is 14.7. The molecular formula is C9H16O6Si. The van der Waals surface area contributed by atoms with E-state index >= 15 is 0 Å². The molecule has 0 aromatic rings. The average molecular weight is 248 g/mol. The molecule has 0 radical (unpaired) electrons. The minimum Gasteiger partial charge on any atom is -0.455 e. The van der Waals surface area contributed by atoms with Crippen LogP contribution in [0.1, 0.15) is 34.1 Å². The molecule has 0 aliphatic carbocycles. The van der Waals surface area contributed by atoms with Crippen molar-refractivity contribution in [1.29, 1.82) is 0 Å². The Kier molecular flexibility index (Phi) is 5.72. The summed E-state index contributed by atoms with van der Waals surface area (Å²) in [7, 11) is -3.53. The summed E-state index contributed by atoms with van der Waals surface area (Å²) in [4.78, 5) is 33.0. The zero-order valence-corrected chi connectivity index (χ0v) is 10.9. The average Bonchev–Trinajstić information content (AvgIpc) is 2.15. The van der Waals surface area contributed by atoms with Gasteiger partial charge >= 0.3 is 8.80 Å². The molecule has 16 heavy (non-hydrogen) atoms. The molecule has 0 unspecified atom stereocenters. The lowest BCUT2D eigenvalue weighted by atomic mass is 10.5. The van der Waals surface area contributed by atoms with Gasteiger partial charge in [0.15, 0.2) is 0 Å². The van der Waals surface area contributed by atoms with Crippen LogP contribution in [0.4, 0.5) is 0 Å². The van der Waals surface area contributed by atoms with Gasteiger partial charge in [-0.25, -0.2) is 0 Å². The first-order valence-corrected chi connectivity index (χ1v) is 6.89. The molecule has 0 spiro atoms. The topological polar surface area (TPSA) is 78.9 Å². The summed E-state index contributed by atoms with van der Waals surface area (Å²) in [5.41, 5.74) is 0. The van der Waals surface area contributed by atoms with Crippen LogP contribution in [0.5, 0.6) is 0 Å². The molecule has 0 bridgehead atoms. The van der Waals surface area contributed by atoms with E-state index in [1.807, 2.05) is 0 Å². The summed E-state index contributed by atoms with van der Waals surface area (Å²) >= 11 is 0. The molecule has 0 saturated heterocycles. The molecule has 7 heteroatoms. The Morgan fingerprint density at radius 1 is 0.938 bits per heavy atom. The van der Waals surface area contributed by atoms with Crippen LogP contribution in [0.25, 0.3) is 0 Å². The first-order chi connectivity index (χ1) is 7.35. The Balaban J connectivity index is 4.86. The third-order valence-electron chi connectivity index (χ3n) is 1.59. The maximum Gasteiger partial charge on any atom is 0.704 e. The Morgan fingerprint density at radius 3 is 1.62 bits per heavy atom. The van der Waals surface area contributed by atoms with Crippen LogP contribution >= 0.6 is 0 Å². The van der Waals surface area contributed by atoms with Gasteiger partial charge in [-0.15, -0.1) is 0 Å². The van der Waals surface area contributed by atoms with Crippen LogP contribution in [-0.2, 0) is 27.7 Å². The molecule has 0 aliphatic heterocycles. The smallest absolute Gasteiger partial charge is 0.455 e. The van der Waals surface area contributed by atoms with Crippen LogP contribution in [0.3, 0.4) is 0 Å². The molecule has 0 saturated carbocycles. The monoisotopic (exact) mass is 248 g/mol. The molecule has 0 atom stereocenters. The van der Waals surface area contributed by atoms with E-state index in [1.54, 1.807) is 13.8 Å². The second-order valence-electron chi connectivity index (χ2n) is 3.05. The number of hydrogen-bond acceptors (Lipinski definition) is 6. The Labute approximate surface area is 95.2 Å². The highest BCUT2D eigenvalue weighted by Crippen LogP contribution is 2.17. The largest absolute Gasteiger partial charge is 0.704 e. The second kappa shape index (κ2) is 6.26. The van der Waals surface area contributed by atoms with Crippen molar-refractivity contribution in [2.24, 2.45) is 0 Å². The number of carbonyl (C=O) groups is 3. The van der Waals surface area contributed by atoms with Gasteiger partial charge in [-0.2, -0.15) is 0 Å². The molecule has 92 valence electrons. The molecule has 0 N–H and O–H groups in total. The van der Waals surface area contributed by atoms with Crippen molar-refractivity contribution < 1.29 is 27.7 Å². The van der Waals surface area contributed by atoms with Gasteiger partial charge in [0, 0.05) is 20.3 Å². The van der Waals surface area contributed by atoms with E-state index < -0.39 is 26.7 Å². The molecule has 0 amide bonds. The van der Waals surface area contributed by atoms with Crippen LogP contribution in [0.2, 0.25) is 6.04 Å². The number of carbonyl (C=O) groups excluding carboxylic acids is 3. The number of rotatable bonds is 5. The third-order valence-corrected chi connectivity index (χ3v) is 4.19. The fourth-order valence-electron chi connectivity index (χ4n) is 0.963. The summed E-state index contributed by atoms with van der Waals surface area (Å²) in [5.74, 6) is -1.84. The van der Waals surface area contributed by atoms with Gasteiger partial charge < -0.3 is 13.3 Å². The summed E-state index contributed by atoms with van der Waals surface area (Å²) in [6, 6.07) is 0.165. The molecule has 0 aliphatic rings. The molecule has 0 aromatic carbocycles. The van der Waals surface area contributed by atoms with E-state index in [2.05, 4.69) is 0 Å². The summed E-state index contributed by atoms with van der Waals surface area (Å²) in [5, 5.41) is 0. The van der Waals surface area contributed by atoms with Crippen molar-refractivity contribution in [2.45, 2.75) is 40.2 Å². The van der Waals surface area contributed by atoms with E-state index in [4.69, 9.17) is 13.3 Å². The van der Waals surface area contributed by atoms with Gasteiger partial charge in [0.1, 0.15) is 0 Å². The predicted molar refractivity (Wildman–Crippen MR) is 56.2 cm³/mol. The van der Waals surface area contributed by atoms with Crippen LogP contribution < -0.4 is 0 Å². The van der Waals surface area contributed by atoms with Crippen LogP contribution in [-0.4, -0.2) is 26.7 Å². The molecule has 0 aromatic heterocycles. The van der Waals surface area contributed by atoms with E-state index in [1.165, 1.54) is 13.8 Å². The highest BCUT2D eigenvalue weighted by Gasteiger charge is 2.50. The SMILES string of the molecule is CCC(=O)O[Si](CC)(OC(C)=O)OC(C)=O. The highest BCUT2D eigenvalue weighted by atomic mass is 28.4.